The van der Waals surface area contributed by atoms with Crippen LogP contribution in [0.4, 0.5) is 14.6 Å². The predicted molar refractivity (Wildman–Crippen MR) is 90.9 cm³/mol. The third-order valence-corrected chi connectivity index (χ3v) is 4.44. The average Bonchev–Trinajstić information content (AvgIpc) is 2.96. The zero-order valence-electron chi connectivity index (χ0n) is 14.2. The molecule has 1 fully saturated rings. The van der Waals surface area contributed by atoms with Gasteiger partial charge in [-0.3, -0.25) is 0 Å². The van der Waals surface area contributed by atoms with Crippen molar-refractivity contribution in [1.29, 1.82) is 0 Å². The van der Waals surface area contributed by atoms with Gasteiger partial charge in [0.25, 0.3) is 0 Å². The van der Waals surface area contributed by atoms with E-state index in [1.807, 2.05) is 31.3 Å². The summed E-state index contributed by atoms with van der Waals surface area (Å²) in [7, 11) is 0. The molecule has 1 aliphatic carbocycles. The maximum atomic E-state index is 13.3. The number of alkyl halides is 2. The van der Waals surface area contributed by atoms with Crippen LogP contribution in [0.2, 0.25) is 0 Å². The van der Waals surface area contributed by atoms with Crippen LogP contribution in [0.15, 0.2) is 24.4 Å². The van der Waals surface area contributed by atoms with E-state index in [9.17, 15) is 8.78 Å². The third-order valence-electron chi connectivity index (χ3n) is 4.44. The summed E-state index contributed by atoms with van der Waals surface area (Å²) in [5, 5.41) is 7.77. The van der Waals surface area contributed by atoms with Crippen molar-refractivity contribution >= 4 is 5.82 Å². The molecule has 0 amide bonds. The summed E-state index contributed by atoms with van der Waals surface area (Å²) in [6.45, 7) is 4.07. The lowest BCUT2D eigenvalue weighted by molar-refractivity contribution is -0.0361. The molecule has 0 atom stereocenters. The van der Waals surface area contributed by atoms with Gasteiger partial charge in [-0.15, -0.1) is 0 Å². The molecule has 1 saturated carbocycles. The first kappa shape index (κ1) is 16.9. The Hall–Kier alpha value is -1.98. The van der Waals surface area contributed by atoms with Crippen LogP contribution in [-0.2, 0) is 6.42 Å². The minimum absolute atomic E-state index is 0.0511. The van der Waals surface area contributed by atoms with Crippen molar-refractivity contribution in [2.75, 3.05) is 5.32 Å². The SMILES string of the molecule is CCCc1cc(NC2CCC(F)(F)CC2)nc(-n2ccc(C)n2)c1. The van der Waals surface area contributed by atoms with Gasteiger partial charge in [-0.1, -0.05) is 13.3 Å². The minimum atomic E-state index is -2.51. The van der Waals surface area contributed by atoms with Crippen molar-refractivity contribution in [3.8, 4) is 5.82 Å². The summed E-state index contributed by atoms with van der Waals surface area (Å²) in [5.74, 6) is -0.995. The van der Waals surface area contributed by atoms with Crippen LogP contribution < -0.4 is 5.32 Å². The molecule has 4 nitrogen and oxygen atoms in total. The number of nitrogens with one attached hydrogen (secondary N) is 1. The lowest BCUT2D eigenvalue weighted by Gasteiger charge is -2.29. The Kier molecular flexibility index (Phi) is 4.83. The molecule has 1 N–H and O–H groups in total. The highest BCUT2D eigenvalue weighted by atomic mass is 19.3. The summed E-state index contributed by atoms with van der Waals surface area (Å²) in [4.78, 5) is 4.63. The fourth-order valence-electron chi connectivity index (χ4n) is 3.13. The number of aryl methyl sites for hydroxylation is 2. The summed E-state index contributed by atoms with van der Waals surface area (Å²) in [6, 6.07) is 6.05. The van der Waals surface area contributed by atoms with Crippen molar-refractivity contribution in [2.45, 2.75) is 64.3 Å². The number of nitrogens with zero attached hydrogens (tertiary/aromatic N) is 3. The molecule has 1 aliphatic rings. The highest BCUT2D eigenvalue weighted by Crippen LogP contribution is 2.34. The van der Waals surface area contributed by atoms with Crippen molar-refractivity contribution in [3.05, 3.63) is 35.7 Å². The van der Waals surface area contributed by atoms with E-state index in [4.69, 9.17) is 0 Å². The van der Waals surface area contributed by atoms with E-state index in [-0.39, 0.29) is 18.9 Å². The van der Waals surface area contributed by atoms with Crippen LogP contribution >= 0.6 is 0 Å². The summed E-state index contributed by atoms with van der Waals surface area (Å²) < 4.78 is 28.4. The average molecular weight is 334 g/mol. The van der Waals surface area contributed by atoms with E-state index in [1.165, 1.54) is 5.56 Å². The summed E-state index contributed by atoms with van der Waals surface area (Å²) in [5.41, 5.74) is 2.11. The molecule has 24 heavy (non-hydrogen) atoms. The van der Waals surface area contributed by atoms with E-state index in [2.05, 4.69) is 22.3 Å². The molecule has 3 rings (SSSR count). The molecule has 2 aromatic rings. The Labute approximate surface area is 141 Å². The van der Waals surface area contributed by atoms with E-state index in [1.54, 1.807) is 4.68 Å². The predicted octanol–water partition coefficient (Wildman–Crippen LogP) is 4.52. The fourth-order valence-corrected chi connectivity index (χ4v) is 3.13. The number of rotatable bonds is 5. The second-order valence-electron chi connectivity index (χ2n) is 6.65. The minimum Gasteiger partial charge on any atom is -0.367 e. The summed E-state index contributed by atoms with van der Waals surface area (Å²) >= 11 is 0. The van der Waals surface area contributed by atoms with Crippen molar-refractivity contribution in [3.63, 3.8) is 0 Å². The lowest BCUT2D eigenvalue weighted by atomic mass is 9.92. The summed E-state index contributed by atoms with van der Waals surface area (Å²) in [6.07, 6.45) is 4.73. The molecule has 0 aliphatic heterocycles. The van der Waals surface area contributed by atoms with Gasteiger partial charge in [0.2, 0.25) is 5.92 Å². The van der Waals surface area contributed by atoms with Crippen LogP contribution in [-0.4, -0.2) is 26.7 Å². The molecule has 0 spiro atoms. The molecule has 130 valence electrons. The normalized spacial score (nSPS) is 17.8. The Morgan fingerprint density at radius 2 is 2.04 bits per heavy atom. The van der Waals surface area contributed by atoms with E-state index in [0.29, 0.717) is 12.8 Å². The highest BCUT2D eigenvalue weighted by Gasteiger charge is 2.34. The zero-order chi connectivity index (χ0) is 17.2. The lowest BCUT2D eigenvalue weighted by Crippen LogP contribution is -2.32. The van der Waals surface area contributed by atoms with Gasteiger partial charge in [-0.2, -0.15) is 5.10 Å². The molecular weight excluding hydrogens is 310 g/mol. The van der Waals surface area contributed by atoms with Crippen molar-refractivity contribution in [2.24, 2.45) is 0 Å². The first-order valence-electron chi connectivity index (χ1n) is 8.63. The Balaban J connectivity index is 1.80. The quantitative estimate of drug-likeness (QED) is 0.874. The van der Waals surface area contributed by atoms with Gasteiger partial charge in [0.15, 0.2) is 5.82 Å². The van der Waals surface area contributed by atoms with Crippen LogP contribution in [0.25, 0.3) is 5.82 Å². The molecular formula is C18H24F2N4. The molecule has 2 aromatic heterocycles. The largest absolute Gasteiger partial charge is 0.367 e. The van der Waals surface area contributed by atoms with Crippen LogP contribution in [0.3, 0.4) is 0 Å². The molecule has 0 aromatic carbocycles. The number of hydrogen-bond acceptors (Lipinski definition) is 3. The van der Waals surface area contributed by atoms with Crippen molar-refractivity contribution in [1.82, 2.24) is 14.8 Å². The monoisotopic (exact) mass is 334 g/mol. The van der Waals surface area contributed by atoms with Gasteiger partial charge in [-0.25, -0.2) is 18.4 Å². The van der Waals surface area contributed by atoms with Gasteiger partial charge < -0.3 is 5.32 Å². The number of hydrogen-bond donors (Lipinski definition) is 1. The van der Waals surface area contributed by atoms with Gasteiger partial charge in [-0.05, 0) is 49.9 Å². The van der Waals surface area contributed by atoms with Crippen molar-refractivity contribution < 1.29 is 8.78 Å². The van der Waals surface area contributed by atoms with Gasteiger partial charge in [0.1, 0.15) is 5.82 Å². The topological polar surface area (TPSA) is 42.7 Å². The number of aromatic nitrogens is 3. The van der Waals surface area contributed by atoms with Gasteiger partial charge in [0.05, 0.1) is 5.69 Å². The highest BCUT2D eigenvalue weighted by molar-refractivity contribution is 5.44. The number of anilines is 1. The van der Waals surface area contributed by atoms with E-state index >= 15 is 0 Å². The Morgan fingerprint density at radius 1 is 1.29 bits per heavy atom. The van der Waals surface area contributed by atoms with Crippen LogP contribution in [0.1, 0.15) is 50.3 Å². The molecule has 2 heterocycles. The molecule has 0 saturated heterocycles. The second-order valence-corrected chi connectivity index (χ2v) is 6.65. The molecule has 6 heteroatoms. The van der Waals surface area contributed by atoms with Crippen LogP contribution in [0.5, 0.6) is 0 Å². The van der Waals surface area contributed by atoms with Gasteiger partial charge >= 0.3 is 0 Å². The maximum Gasteiger partial charge on any atom is 0.248 e. The number of pyridine rings is 1. The number of halogens is 2. The standard InChI is InChI=1S/C18H24F2N4/c1-3-4-14-11-16(21-15-5-8-18(19,20)9-6-15)22-17(12-14)24-10-7-13(2)23-24/h7,10-12,15H,3-6,8-9H2,1-2H3,(H,21,22). The Bertz CT molecular complexity index is 686. The molecule has 0 unspecified atom stereocenters. The molecule has 0 bridgehead atoms. The fraction of sp³-hybridized carbons (Fsp3) is 0.556. The molecule has 0 radical (unpaired) electrons. The smallest absolute Gasteiger partial charge is 0.248 e. The maximum absolute atomic E-state index is 13.3. The first-order chi connectivity index (χ1) is 11.4. The zero-order valence-corrected chi connectivity index (χ0v) is 14.2. The second kappa shape index (κ2) is 6.87. The third kappa shape index (κ3) is 4.10. The van der Waals surface area contributed by atoms with Crippen LogP contribution in [0, 0.1) is 6.92 Å². The van der Waals surface area contributed by atoms with Gasteiger partial charge in [0, 0.05) is 25.1 Å². The first-order valence-corrected chi connectivity index (χ1v) is 8.63. The van der Waals surface area contributed by atoms with E-state index < -0.39 is 5.92 Å². The van der Waals surface area contributed by atoms with E-state index in [0.717, 1.165) is 30.2 Å². The Morgan fingerprint density at radius 3 is 2.67 bits per heavy atom.